The topological polar surface area (TPSA) is 77.7 Å². The van der Waals surface area contributed by atoms with Crippen molar-refractivity contribution in [2.75, 3.05) is 12.0 Å². The zero-order valence-corrected chi connectivity index (χ0v) is 16.2. The molecule has 3 aromatic carbocycles. The van der Waals surface area contributed by atoms with Crippen molar-refractivity contribution in [3.05, 3.63) is 66.1 Å². The average Bonchev–Trinajstić information content (AvgIpc) is 3.34. The fourth-order valence-electron chi connectivity index (χ4n) is 3.71. The Hall–Kier alpha value is -4.01. The molecule has 0 bridgehead atoms. The summed E-state index contributed by atoms with van der Waals surface area (Å²) in [6.45, 7) is -2.87. The second-order valence-electron chi connectivity index (χ2n) is 6.83. The third-order valence-corrected chi connectivity index (χ3v) is 5.05. The molecule has 1 aliphatic heterocycles. The number of methoxy groups -OCH3 is 1. The Kier molecular flexibility index (Phi) is 4.50. The van der Waals surface area contributed by atoms with Gasteiger partial charge in [0, 0.05) is 16.5 Å². The molecule has 31 heavy (non-hydrogen) atoms. The van der Waals surface area contributed by atoms with E-state index in [1.54, 1.807) is 11.0 Å². The van der Waals surface area contributed by atoms with Crippen molar-refractivity contribution >= 4 is 22.4 Å². The Balaban J connectivity index is 1.43. The summed E-state index contributed by atoms with van der Waals surface area (Å²) >= 11 is 0. The van der Waals surface area contributed by atoms with Gasteiger partial charge >= 0.3 is 6.61 Å². The van der Waals surface area contributed by atoms with Gasteiger partial charge in [0.25, 0.3) is 5.91 Å². The molecule has 5 rings (SSSR count). The van der Waals surface area contributed by atoms with Crippen LogP contribution < -0.4 is 14.4 Å². The van der Waals surface area contributed by atoms with Gasteiger partial charge in [-0.05, 0) is 35.7 Å². The Morgan fingerprint density at radius 3 is 2.68 bits per heavy atom. The molecule has 1 aliphatic rings. The molecule has 9 heteroatoms. The van der Waals surface area contributed by atoms with Crippen molar-refractivity contribution in [3.63, 3.8) is 0 Å². The van der Waals surface area contributed by atoms with E-state index in [1.807, 2.05) is 30.3 Å². The minimum atomic E-state index is -2.97. The molecular formula is C22H15F2N3O4. The van der Waals surface area contributed by atoms with Gasteiger partial charge in [0.1, 0.15) is 6.54 Å². The first-order valence-electron chi connectivity index (χ1n) is 9.34. The molecule has 4 aromatic rings. The molecule has 0 saturated heterocycles. The molecule has 0 spiro atoms. The van der Waals surface area contributed by atoms with Crippen LogP contribution in [0.15, 0.2) is 59.1 Å². The largest absolute Gasteiger partial charge is 0.493 e. The van der Waals surface area contributed by atoms with E-state index in [-0.39, 0.29) is 35.7 Å². The van der Waals surface area contributed by atoms with Crippen molar-refractivity contribution in [2.24, 2.45) is 0 Å². The molecule has 0 fully saturated rings. The molecule has 0 saturated carbocycles. The van der Waals surface area contributed by atoms with Gasteiger partial charge in [0.05, 0.1) is 12.8 Å². The van der Waals surface area contributed by atoms with Gasteiger partial charge in [-0.1, -0.05) is 29.4 Å². The zero-order chi connectivity index (χ0) is 21.5. The van der Waals surface area contributed by atoms with E-state index in [4.69, 9.17) is 9.26 Å². The minimum Gasteiger partial charge on any atom is -0.493 e. The van der Waals surface area contributed by atoms with E-state index >= 15 is 0 Å². The smallest absolute Gasteiger partial charge is 0.387 e. The molecule has 1 aromatic heterocycles. The maximum atomic E-state index is 12.9. The normalized spacial score (nSPS) is 12.8. The second-order valence-corrected chi connectivity index (χ2v) is 6.83. The number of aromatic nitrogens is 2. The highest BCUT2D eigenvalue weighted by Gasteiger charge is 2.31. The number of benzene rings is 3. The summed E-state index contributed by atoms with van der Waals surface area (Å²) in [7, 11) is 1.34. The van der Waals surface area contributed by atoms with Crippen LogP contribution in [0.3, 0.4) is 0 Å². The van der Waals surface area contributed by atoms with Crippen LogP contribution in [0.4, 0.5) is 14.5 Å². The predicted octanol–water partition coefficient (Wildman–Crippen LogP) is 4.66. The number of rotatable bonds is 6. The maximum Gasteiger partial charge on any atom is 0.387 e. The van der Waals surface area contributed by atoms with Crippen molar-refractivity contribution in [2.45, 2.75) is 13.2 Å². The van der Waals surface area contributed by atoms with Crippen molar-refractivity contribution in [3.8, 4) is 22.9 Å². The first-order chi connectivity index (χ1) is 15.0. The van der Waals surface area contributed by atoms with Gasteiger partial charge < -0.3 is 14.0 Å². The molecule has 0 N–H and O–H groups in total. The summed E-state index contributed by atoms with van der Waals surface area (Å²) in [5, 5.41) is 5.83. The van der Waals surface area contributed by atoms with Crippen LogP contribution >= 0.6 is 0 Å². The van der Waals surface area contributed by atoms with Gasteiger partial charge in [-0.2, -0.15) is 13.8 Å². The fraction of sp³-hybridized carbons (Fsp3) is 0.136. The number of alkyl halides is 2. The monoisotopic (exact) mass is 423 g/mol. The lowest BCUT2D eigenvalue weighted by atomic mass is 10.1. The van der Waals surface area contributed by atoms with Crippen molar-refractivity contribution in [1.29, 1.82) is 0 Å². The third kappa shape index (κ3) is 3.24. The number of carbonyl (C=O) groups is 1. The van der Waals surface area contributed by atoms with Crippen LogP contribution in [0.1, 0.15) is 16.2 Å². The Labute approximate surface area is 174 Å². The van der Waals surface area contributed by atoms with E-state index in [0.717, 1.165) is 16.5 Å². The van der Waals surface area contributed by atoms with Crippen LogP contribution in [-0.2, 0) is 6.54 Å². The highest BCUT2D eigenvalue weighted by Crippen LogP contribution is 2.38. The summed E-state index contributed by atoms with van der Waals surface area (Å²) in [4.78, 5) is 18.9. The number of nitrogens with zero attached hydrogens (tertiary/aromatic N) is 3. The van der Waals surface area contributed by atoms with Crippen LogP contribution in [-0.4, -0.2) is 29.8 Å². The number of anilines is 1. The average molecular weight is 423 g/mol. The molecule has 0 aliphatic carbocycles. The third-order valence-electron chi connectivity index (χ3n) is 5.05. The number of hydrogen-bond acceptors (Lipinski definition) is 6. The number of ether oxygens (including phenoxy) is 2. The van der Waals surface area contributed by atoms with Gasteiger partial charge in [-0.25, -0.2) is 0 Å². The van der Waals surface area contributed by atoms with Gasteiger partial charge in [0.15, 0.2) is 11.5 Å². The molecule has 0 radical (unpaired) electrons. The molecule has 0 unspecified atom stereocenters. The Bertz CT molecular complexity index is 1300. The standard InChI is InChI=1S/C22H15F2N3O4/c1-29-17-10-13(8-9-16(17)30-22(23)24)20-25-18(31-26-20)11-27-15-7-3-5-12-4-2-6-14(19(12)15)21(27)28/h2-10,22H,11H2,1H3. The quantitative estimate of drug-likeness (QED) is 0.449. The molecular weight excluding hydrogens is 408 g/mol. The number of carbonyl (C=O) groups excluding carboxylic acids is 1. The number of amides is 1. The Morgan fingerprint density at radius 1 is 1.10 bits per heavy atom. The van der Waals surface area contributed by atoms with Crippen LogP contribution in [0.25, 0.3) is 22.2 Å². The van der Waals surface area contributed by atoms with Crippen molar-refractivity contribution in [1.82, 2.24) is 10.1 Å². The van der Waals surface area contributed by atoms with Gasteiger partial charge in [0.2, 0.25) is 11.7 Å². The Morgan fingerprint density at radius 2 is 1.90 bits per heavy atom. The first-order valence-corrected chi connectivity index (χ1v) is 9.34. The molecule has 0 atom stereocenters. The maximum absolute atomic E-state index is 12.9. The van der Waals surface area contributed by atoms with E-state index in [1.165, 1.54) is 25.3 Å². The zero-order valence-electron chi connectivity index (χ0n) is 16.2. The van der Waals surface area contributed by atoms with Crippen LogP contribution in [0, 0.1) is 0 Å². The number of hydrogen-bond donors (Lipinski definition) is 0. The first kappa shape index (κ1) is 19.0. The summed E-state index contributed by atoms with van der Waals surface area (Å²) < 4.78 is 39.9. The number of halogens is 2. The molecule has 156 valence electrons. The lowest BCUT2D eigenvalue weighted by Crippen LogP contribution is -2.26. The molecule has 2 heterocycles. The molecule has 7 nitrogen and oxygen atoms in total. The SMILES string of the molecule is COc1cc(-c2noc(CN3C(=O)c4cccc5cccc3c45)n2)ccc1OC(F)F. The lowest BCUT2D eigenvalue weighted by Gasteiger charge is -2.14. The summed E-state index contributed by atoms with van der Waals surface area (Å²) in [6, 6.07) is 15.7. The summed E-state index contributed by atoms with van der Waals surface area (Å²) in [5.41, 5.74) is 1.91. The van der Waals surface area contributed by atoms with E-state index in [9.17, 15) is 13.6 Å². The summed E-state index contributed by atoms with van der Waals surface area (Å²) in [5.74, 6) is 0.348. The fourth-order valence-corrected chi connectivity index (χ4v) is 3.71. The van der Waals surface area contributed by atoms with Crippen molar-refractivity contribution < 1.29 is 27.6 Å². The summed E-state index contributed by atoms with van der Waals surface area (Å²) in [6.07, 6.45) is 0. The van der Waals surface area contributed by atoms with Gasteiger partial charge in [-0.3, -0.25) is 9.69 Å². The lowest BCUT2D eigenvalue weighted by molar-refractivity contribution is -0.0512. The van der Waals surface area contributed by atoms with Crippen LogP contribution in [0.5, 0.6) is 11.5 Å². The predicted molar refractivity (Wildman–Crippen MR) is 107 cm³/mol. The highest BCUT2D eigenvalue weighted by molar-refractivity contribution is 6.24. The van der Waals surface area contributed by atoms with E-state index in [2.05, 4.69) is 14.9 Å². The minimum absolute atomic E-state index is 0.0986. The highest BCUT2D eigenvalue weighted by atomic mass is 19.3. The molecule has 1 amide bonds. The van der Waals surface area contributed by atoms with E-state index in [0.29, 0.717) is 11.1 Å². The second kappa shape index (κ2) is 7.35. The van der Waals surface area contributed by atoms with Gasteiger partial charge in [-0.15, -0.1) is 0 Å². The van der Waals surface area contributed by atoms with E-state index < -0.39 is 6.61 Å². The van der Waals surface area contributed by atoms with Crippen LogP contribution in [0.2, 0.25) is 0 Å².